The molecule has 0 fully saturated rings. The lowest BCUT2D eigenvalue weighted by molar-refractivity contribution is -0.191. The molecule has 0 radical (unpaired) electrons. The summed E-state index contributed by atoms with van der Waals surface area (Å²) in [6.07, 6.45) is 1.09. The van der Waals surface area contributed by atoms with Gasteiger partial charge < -0.3 is 4.18 Å². The smallest absolute Gasteiger partial charge is 0.358 e. The Kier molecular flexibility index (Phi) is 5.99. The van der Waals surface area contributed by atoms with Crippen LogP contribution in [-0.4, -0.2) is 14.6 Å². The maximum absolute atomic E-state index is 12.0. The van der Waals surface area contributed by atoms with E-state index in [0.29, 0.717) is 0 Å². The first kappa shape index (κ1) is 14.3. The van der Waals surface area contributed by atoms with Gasteiger partial charge in [0.1, 0.15) is 5.75 Å². The van der Waals surface area contributed by atoms with Crippen molar-refractivity contribution in [2.45, 2.75) is 13.3 Å². The second-order valence-electron chi connectivity index (χ2n) is 2.56. The number of hydrogen-bond donors (Lipinski definition) is 0. The lowest BCUT2D eigenvalue weighted by Crippen LogP contribution is -2.00. The number of benzene rings is 1. The van der Waals surface area contributed by atoms with Gasteiger partial charge in [-0.2, -0.15) is 18.0 Å². The van der Waals surface area contributed by atoms with E-state index in [-0.39, 0.29) is 11.9 Å². The maximum Gasteiger partial charge on any atom is 0.488 e. The highest BCUT2D eigenvalue weighted by molar-refractivity contribution is 7.81. The van der Waals surface area contributed by atoms with Crippen LogP contribution in [0.25, 0.3) is 0 Å². The van der Waals surface area contributed by atoms with Gasteiger partial charge in [-0.1, -0.05) is 22.9 Å². The lowest BCUT2D eigenvalue weighted by atomic mass is 10.2. The fourth-order valence-corrected chi connectivity index (χ4v) is 1.24. The molecule has 1 rings (SSSR count). The van der Waals surface area contributed by atoms with Crippen molar-refractivity contribution in [1.82, 2.24) is 0 Å². The third kappa shape index (κ3) is 6.69. The maximum atomic E-state index is 12.0. The Morgan fingerprint density at radius 2 is 1.69 bits per heavy atom. The first-order valence-electron chi connectivity index (χ1n) is 4.15. The quantitative estimate of drug-likeness (QED) is 0.752. The molecule has 1 aromatic carbocycles. The van der Waals surface area contributed by atoms with Gasteiger partial charge in [0.05, 0.1) is 0 Å². The van der Waals surface area contributed by atoms with Crippen molar-refractivity contribution in [3.05, 3.63) is 29.8 Å². The SMILES string of the molecule is CCc1ccc(OS(=O)(=O)F)cc1.O=C=O. The fraction of sp³-hybridized carbons (Fsp3) is 0.222. The van der Waals surface area contributed by atoms with Gasteiger partial charge in [0, 0.05) is 0 Å². The average Bonchev–Trinajstić information content (AvgIpc) is 2.18. The molecule has 0 bridgehead atoms. The number of aryl methyl sites for hydroxylation is 1. The normalized spacial score (nSPS) is 9.62. The van der Waals surface area contributed by atoms with E-state index in [1.54, 1.807) is 12.1 Å². The molecule has 0 aliphatic rings. The second-order valence-corrected chi connectivity index (χ2v) is 3.51. The van der Waals surface area contributed by atoms with Crippen molar-refractivity contribution in [1.29, 1.82) is 0 Å². The number of rotatable bonds is 3. The van der Waals surface area contributed by atoms with E-state index >= 15 is 0 Å². The third-order valence-electron chi connectivity index (χ3n) is 1.53. The van der Waals surface area contributed by atoms with Gasteiger partial charge in [-0.15, -0.1) is 0 Å². The first-order chi connectivity index (χ1) is 7.42. The predicted molar refractivity (Wildman–Crippen MR) is 51.5 cm³/mol. The van der Waals surface area contributed by atoms with Gasteiger partial charge in [0.15, 0.2) is 0 Å². The van der Waals surface area contributed by atoms with E-state index < -0.39 is 10.5 Å². The number of halogens is 1. The van der Waals surface area contributed by atoms with E-state index in [0.717, 1.165) is 12.0 Å². The van der Waals surface area contributed by atoms with Crippen molar-refractivity contribution < 1.29 is 26.1 Å². The molecule has 0 atom stereocenters. The molecule has 0 heterocycles. The minimum Gasteiger partial charge on any atom is -0.358 e. The first-order valence-corrected chi connectivity index (χ1v) is 5.46. The van der Waals surface area contributed by atoms with Crippen LogP contribution in [0.2, 0.25) is 0 Å². The molecule has 7 heteroatoms. The van der Waals surface area contributed by atoms with Crippen LogP contribution in [0.4, 0.5) is 3.89 Å². The topological polar surface area (TPSA) is 77.5 Å². The molecule has 0 spiro atoms. The summed E-state index contributed by atoms with van der Waals surface area (Å²) in [7, 11) is -4.90. The highest BCUT2D eigenvalue weighted by atomic mass is 32.3. The summed E-state index contributed by atoms with van der Waals surface area (Å²) in [6.45, 7) is 1.96. The third-order valence-corrected chi connectivity index (χ3v) is 1.92. The molecule has 0 aromatic heterocycles. The molecular weight excluding hydrogens is 239 g/mol. The van der Waals surface area contributed by atoms with Gasteiger partial charge in [0.25, 0.3) is 0 Å². The van der Waals surface area contributed by atoms with Crippen LogP contribution in [0.3, 0.4) is 0 Å². The summed E-state index contributed by atoms with van der Waals surface area (Å²) in [4.78, 5) is 16.2. The van der Waals surface area contributed by atoms with Crippen LogP contribution >= 0.6 is 0 Å². The van der Waals surface area contributed by atoms with Crippen LogP contribution in [0.5, 0.6) is 5.75 Å². The molecule has 0 aliphatic heterocycles. The van der Waals surface area contributed by atoms with E-state index in [4.69, 9.17) is 9.59 Å². The van der Waals surface area contributed by atoms with Crippen molar-refractivity contribution in [3.63, 3.8) is 0 Å². The minimum atomic E-state index is -4.90. The standard InChI is InChI=1S/C8H9FO3S.CO2/c1-2-7-3-5-8(6-4-7)12-13(9,10)11;2-1-3/h3-6H,2H2,1H3;. The summed E-state index contributed by atoms with van der Waals surface area (Å²) < 4.78 is 36.1. The summed E-state index contributed by atoms with van der Waals surface area (Å²) in [5, 5.41) is 0. The molecule has 0 aliphatic carbocycles. The zero-order chi connectivity index (χ0) is 12.6. The Labute approximate surface area is 92.3 Å². The zero-order valence-corrected chi connectivity index (χ0v) is 9.16. The van der Waals surface area contributed by atoms with Crippen molar-refractivity contribution >= 4 is 16.7 Å². The molecule has 0 unspecified atom stereocenters. The average molecular weight is 248 g/mol. The molecule has 88 valence electrons. The molecule has 16 heavy (non-hydrogen) atoms. The highest BCUT2D eigenvalue weighted by Crippen LogP contribution is 2.14. The predicted octanol–water partition coefficient (Wildman–Crippen LogP) is 1.26. The van der Waals surface area contributed by atoms with Crippen molar-refractivity contribution in [3.8, 4) is 5.75 Å². The molecule has 5 nitrogen and oxygen atoms in total. The number of hydrogen-bond acceptors (Lipinski definition) is 5. The minimum absolute atomic E-state index is 0.0142. The lowest BCUT2D eigenvalue weighted by Gasteiger charge is -2.00. The van der Waals surface area contributed by atoms with Gasteiger partial charge in [-0.3, -0.25) is 0 Å². The number of carbonyl (C=O) groups excluding carboxylic acids is 2. The summed E-state index contributed by atoms with van der Waals surface area (Å²) >= 11 is 0. The van der Waals surface area contributed by atoms with Crippen molar-refractivity contribution in [2.24, 2.45) is 0 Å². The van der Waals surface area contributed by atoms with Crippen LogP contribution < -0.4 is 4.18 Å². The Morgan fingerprint density at radius 1 is 1.25 bits per heavy atom. The summed E-state index contributed by atoms with van der Waals surface area (Å²) in [5.74, 6) is -0.0142. The van der Waals surface area contributed by atoms with E-state index in [9.17, 15) is 12.3 Å². The Morgan fingerprint density at radius 3 is 2.00 bits per heavy atom. The Bertz CT molecular complexity index is 445. The van der Waals surface area contributed by atoms with Gasteiger partial charge in [0.2, 0.25) is 0 Å². The monoisotopic (exact) mass is 248 g/mol. The van der Waals surface area contributed by atoms with E-state index in [1.165, 1.54) is 12.1 Å². The van der Waals surface area contributed by atoms with E-state index in [2.05, 4.69) is 4.18 Å². The van der Waals surface area contributed by atoms with Gasteiger partial charge in [-0.25, -0.2) is 0 Å². The summed E-state index contributed by atoms with van der Waals surface area (Å²) in [6, 6.07) is 6.19. The summed E-state index contributed by atoms with van der Waals surface area (Å²) in [5.41, 5.74) is 1.03. The zero-order valence-electron chi connectivity index (χ0n) is 8.34. The van der Waals surface area contributed by atoms with Gasteiger partial charge in [-0.05, 0) is 24.1 Å². The molecular formula is C9H9FO5S. The molecule has 1 aromatic rings. The second kappa shape index (κ2) is 6.71. The van der Waals surface area contributed by atoms with Crippen LogP contribution in [0.15, 0.2) is 24.3 Å². The molecule has 0 saturated carbocycles. The van der Waals surface area contributed by atoms with Crippen LogP contribution in [0.1, 0.15) is 12.5 Å². The highest BCUT2D eigenvalue weighted by Gasteiger charge is 2.08. The van der Waals surface area contributed by atoms with E-state index in [1.807, 2.05) is 6.92 Å². The molecule has 0 N–H and O–H groups in total. The molecule has 0 amide bonds. The Balaban J connectivity index is 0.000000673. The fourth-order valence-electron chi connectivity index (χ4n) is 0.896. The Hall–Kier alpha value is -1.72. The van der Waals surface area contributed by atoms with Gasteiger partial charge >= 0.3 is 16.7 Å². The van der Waals surface area contributed by atoms with Crippen LogP contribution in [0, 0.1) is 0 Å². The van der Waals surface area contributed by atoms with Crippen LogP contribution in [-0.2, 0) is 26.5 Å². The molecule has 0 saturated heterocycles. The van der Waals surface area contributed by atoms with Crippen molar-refractivity contribution in [2.75, 3.05) is 0 Å². The largest absolute Gasteiger partial charge is 0.488 e.